The normalized spacial score (nSPS) is 14.2. The molecule has 0 unspecified atom stereocenters. The van der Waals surface area contributed by atoms with E-state index < -0.39 is 0 Å². The number of nitrogens with two attached hydrogens (primary N) is 1. The molecule has 0 aromatic carbocycles. The number of hydrogen-bond donors (Lipinski definition) is 2. The molecule has 3 N–H and O–H groups in total. The van der Waals surface area contributed by atoms with Crippen LogP contribution in [0.4, 0.5) is 11.6 Å². The molecule has 25 heavy (non-hydrogen) atoms. The van der Waals surface area contributed by atoms with Gasteiger partial charge in [0.1, 0.15) is 9.71 Å². The minimum Gasteiger partial charge on any atom is -0.397 e. The van der Waals surface area contributed by atoms with Crippen LogP contribution in [-0.2, 0) is 6.42 Å². The molecule has 8 heteroatoms. The second-order valence-corrected chi connectivity index (χ2v) is 7.41. The molecule has 1 amide bonds. The summed E-state index contributed by atoms with van der Waals surface area (Å²) >= 11 is 1.31. The highest BCUT2D eigenvalue weighted by Crippen LogP contribution is 2.37. The third-order valence-corrected chi connectivity index (χ3v) is 5.76. The number of amides is 1. The minimum absolute atomic E-state index is 0.297. The molecule has 0 aliphatic heterocycles. The van der Waals surface area contributed by atoms with E-state index in [9.17, 15) is 4.79 Å². The number of pyridine rings is 1. The molecule has 130 valence electrons. The van der Waals surface area contributed by atoms with Crippen LogP contribution in [0.25, 0.3) is 10.2 Å². The Hall–Kier alpha value is -2.48. The van der Waals surface area contributed by atoms with Crippen LogP contribution in [-0.4, -0.2) is 16.2 Å². The van der Waals surface area contributed by atoms with Gasteiger partial charge in [-0.25, -0.2) is 4.98 Å². The van der Waals surface area contributed by atoms with Gasteiger partial charge in [-0.1, -0.05) is 6.92 Å². The lowest BCUT2D eigenvalue weighted by molar-refractivity contribution is -0.765. The van der Waals surface area contributed by atoms with Crippen molar-refractivity contribution in [2.24, 2.45) is 0 Å². The van der Waals surface area contributed by atoms with E-state index in [1.165, 1.54) is 16.9 Å². The third kappa shape index (κ3) is 2.66. The fraction of sp³-hybridized carbons (Fsp3) is 0.412. The lowest BCUT2D eigenvalue weighted by Crippen LogP contribution is -2.32. The van der Waals surface area contributed by atoms with Crippen molar-refractivity contribution in [3.63, 3.8) is 0 Å². The summed E-state index contributed by atoms with van der Waals surface area (Å²) in [5.41, 5.74) is 10.0. The second-order valence-electron chi connectivity index (χ2n) is 6.41. The second kappa shape index (κ2) is 5.80. The summed E-state index contributed by atoms with van der Waals surface area (Å²) in [5.74, 6) is 0.0264. The number of anilines is 2. The highest BCUT2D eigenvalue weighted by atomic mass is 32.1. The Morgan fingerprint density at radius 1 is 1.48 bits per heavy atom. The van der Waals surface area contributed by atoms with Crippen LogP contribution in [0, 0.1) is 13.8 Å². The summed E-state index contributed by atoms with van der Waals surface area (Å²) in [7, 11) is 0. The number of rotatable bonds is 4. The fourth-order valence-corrected chi connectivity index (χ4v) is 4.29. The van der Waals surface area contributed by atoms with Crippen LogP contribution in [0.2, 0.25) is 0 Å². The Morgan fingerprint density at radius 2 is 2.24 bits per heavy atom. The maximum atomic E-state index is 12.6. The predicted octanol–water partition coefficient (Wildman–Crippen LogP) is 2.92. The maximum Gasteiger partial charge on any atom is 0.302 e. The SMILES string of the molecule is CCc1c(C)nc2sc(C(=O)Nc3c[n+](C4CC4)no3)c(N)c2c1C. The number of nitrogen functional groups attached to an aromatic ring is 1. The highest BCUT2D eigenvalue weighted by Gasteiger charge is 2.36. The number of carbonyl (C=O) groups is 1. The minimum atomic E-state index is -0.297. The first-order valence-corrected chi connectivity index (χ1v) is 9.18. The van der Waals surface area contributed by atoms with Crippen LogP contribution in [0.3, 0.4) is 0 Å². The molecular formula is C17H20N5O2S+. The number of nitrogens with zero attached hydrogens (tertiary/aromatic N) is 3. The third-order valence-electron chi connectivity index (χ3n) is 4.66. The van der Waals surface area contributed by atoms with E-state index in [1.807, 2.05) is 13.8 Å². The predicted molar refractivity (Wildman–Crippen MR) is 95.8 cm³/mol. The van der Waals surface area contributed by atoms with Gasteiger partial charge in [-0.15, -0.1) is 11.3 Å². The van der Waals surface area contributed by atoms with Gasteiger partial charge in [0.15, 0.2) is 6.04 Å². The zero-order valence-electron chi connectivity index (χ0n) is 14.4. The van der Waals surface area contributed by atoms with Crippen LogP contribution >= 0.6 is 11.3 Å². The van der Waals surface area contributed by atoms with Gasteiger partial charge < -0.3 is 5.73 Å². The first-order chi connectivity index (χ1) is 12.0. The molecular weight excluding hydrogens is 338 g/mol. The summed E-state index contributed by atoms with van der Waals surface area (Å²) in [6, 6.07) is 0.395. The molecule has 1 saturated carbocycles. The lowest BCUT2D eigenvalue weighted by Gasteiger charge is -2.08. The monoisotopic (exact) mass is 358 g/mol. The van der Waals surface area contributed by atoms with Gasteiger partial charge in [0.05, 0.1) is 5.69 Å². The zero-order valence-corrected chi connectivity index (χ0v) is 15.2. The van der Waals surface area contributed by atoms with Crippen molar-refractivity contribution >= 4 is 39.0 Å². The molecule has 7 nitrogen and oxygen atoms in total. The van der Waals surface area contributed by atoms with Gasteiger partial charge in [0.2, 0.25) is 5.27 Å². The maximum absolute atomic E-state index is 12.6. The quantitative estimate of drug-likeness (QED) is 0.699. The average Bonchev–Trinajstić information content (AvgIpc) is 3.23. The van der Waals surface area contributed by atoms with Gasteiger partial charge in [-0.2, -0.15) is 0 Å². The standard InChI is InChI=1S/C17H19N5O2S/c1-4-11-8(2)13-14(18)15(25-17(13)19-9(11)3)16(23)20-12-7-22(21-24-12)10-5-6-10/h7,10H,4-6H2,1-3H3,(H2-,18,20,21,23)/p+1. The number of aryl methyl sites for hydroxylation is 2. The largest absolute Gasteiger partial charge is 0.397 e. The lowest BCUT2D eigenvalue weighted by atomic mass is 10.0. The van der Waals surface area contributed by atoms with Gasteiger partial charge in [0, 0.05) is 23.9 Å². The summed E-state index contributed by atoms with van der Waals surface area (Å²) in [5, 5.41) is 7.54. The summed E-state index contributed by atoms with van der Waals surface area (Å²) < 4.78 is 6.92. The van der Waals surface area contributed by atoms with Crippen molar-refractivity contribution in [2.45, 2.75) is 46.1 Å². The van der Waals surface area contributed by atoms with Crippen LogP contribution in [0.1, 0.15) is 52.3 Å². The average molecular weight is 358 g/mol. The van der Waals surface area contributed by atoms with E-state index in [-0.39, 0.29) is 5.91 Å². The molecule has 1 aliphatic carbocycles. The van der Waals surface area contributed by atoms with Gasteiger partial charge in [0.25, 0.3) is 12.1 Å². The van der Waals surface area contributed by atoms with Crippen molar-refractivity contribution in [3.8, 4) is 0 Å². The smallest absolute Gasteiger partial charge is 0.302 e. The number of thiophene rings is 1. The zero-order chi connectivity index (χ0) is 17.7. The Morgan fingerprint density at radius 3 is 2.92 bits per heavy atom. The van der Waals surface area contributed by atoms with E-state index in [1.54, 1.807) is 10.9 Å². The Kier molecular flexibility index (Phi) is 3.72. The molecule has 3 aromatic heterocycles. The topological polar surface area (TPSA) is 97.9 Å². The molecule has 0 saturated heterocycles. The van der Waals surface area contributed by atoms with Crippen molar-refractivity contribution in [3.05, 3.63) is 27.9 Å². The number of aromatic nitrogens is 3. The van der Waals surface area contributed by atoms with Crippen LogP contribution in [0.15, 0.2) is 10.7 Å². The van der Waals surface area contributed by atoms with Crippen LogP contribution < -0.4 is 15.7 Å². The Bertz CT molecular complexity index is 987. The van der Waals surface area contributed by atoms with Crippen molar-refractivity contribution in [2.75, 3.05) is 11.1 Å². The van der Waals surface area contributed by atoms with E-state index in [0.717, 1.165) is 40.7 Å². The highest BCUT2D eigenvalue weighted by molar-refractivity contribution is 7.21. The molecule has 0 bridgehead atoms. The molecule has 0 atom stereocenters. The number of hydrogen-bond acceptors (Lipinski definition) is 6. The molecule has 1 fully saturated rings. The van der Waals surface area contributed by atoms with Crippen molar-refractivity contribution in [1.82, 2.24) is 10.3 Å². The summed E-state index contributed by atoms with van der Waals surface area (Å²) in [6.07, 6.45) is 4.79. The van der Waals surface area contributed by atoms with E-state index in [0.29, 0.717) is 22.5 Å². The van der Waals surface area contributed by atoms with Crippen LogP contribution in [0.5, 0.6) is 0 Å². The molecule has 0 spiro atoms. The van der Waals surface area contributed by atoms with Crippen molar-refractivity contribution in [1.29, 1.82) is 0 Å². The first-order valence-electron chi connectivity index (χ1n) is 8.37. The van der Waals surface area contributed by atoms with E-state index in [2.05, 4.69) is 22.5 Å². The van der Waals surface area contributed by atoms with E-state index >= 15 is 0 Å². The number of nitrogens with one attached hydrogen (secondary N) is 1. The molecule has 1 aliphatic rings. The van der Waals surface area contributed by atoms with Crippen molar-refractivity contribution < 1.29 is 14.0 Å². The Labute approximate surface area is 148 Å². The van der Waals surface area contributed by atoms with Gasteiger partial charge in [-0.05, 0) is 36.1 Å². The number of carbonyl (C=O) groups excluding carboxylic acids is 1. The number of fused-ring (bicyclic) bond motifs is 1. The van der Waals surface area contributed by atoms with Gasteiger partial charge >= 0.3 is 5.88 Å². The van der Waals surface area contributed by atoms with E-state index in [4.69, 9.17) is 10.3 Å². The molecule has 3 aromatic rings. The Balaban J connectivity index is 1.69. The summed E-state index contributed by atoms with van der Waals surface area (Å²) in [6.45, 7) is 6.12. The fourth-order valence-electron chi connectivity index (χ4n) is 3.20. The molecule has 0 radical (unpaired) electrons. The molecule has 4 rings (SSSR count). The summed E-state index contributed by atoms with van der Waals surface area (Å²) in [4.78, 5) is 18.5. The first kappa shape index (κ1) is 16.0. The molecule has 3 heterocycles. The van der Waals surface area contributed by atoms with Gasteiger partial charge in [-0.3, -0.25) is 14.6 Å².